The molecule has 0 saturated carbocycles. The van der Waals surface area contributed by atoms with Gasteiger partial charge in [0.1, 0.15) is 40.5 Å². The standard InChI is InChI=1S/C16H11NO12S4.4Na/c17-12-7-3-1-2-6-4-5-8-10(9(6)7)11(14(12)31(21,22)23)15(32(24,25)26)16(33(27,28)29)13(8)30(18,19)20;;;;/h1-5H,17H2,(H,18,19,20)(H,21,22,23)(H,24,25,26)(H,27,28,29);;;;/q;4*+1/p-4. The summed E-state index contributed by atoms with van der Waals surface area (Å²) in [6.45, 7) is 0. The average Bonchev–Trinajstić information content (AvgIpc) is 2.62. The number of benzene rings is 4. The SMILES string of the molecule is Nc1c(S(=O)(=O)[O-])c2c(S(=O)(=O)[O-])c(S(=O)(=O)[O-])c(S(=O)(=O)[O-])c3ccc4cccc1c4c32.[Na+].[Na+].[Na+].[Na+]. The second-order valence-electron chi connectivity index (χ2n) is 6.81. The molecule has 0 spiro atoms. The van der Waals surface area contributed by atoms with Crippen molar-refractivity contribution in [2.24, 2.45) is 0 Å². The Kier molecular flexibility index (Phi) is 12.8. The first-order valence-electron chi connectivity index (χ1n) is 8.26. The third-order valence-corrected chi connectivity index (χ3v) is 8.86. The Labute approximate surface area is 299 Å². The molecule has 0 saturated heterocycles. The Morgan fingerprint density at radius 2 is 0.946 bits per heavy atom. The molecule has 0 fully saturated rings. The predicted molar refractivity (Wildman–Crippen MR) is 106 cm³/mol. The van der Waals surface area contributed by atoms with E-state index in [1.54, 1.807) is 0 Å². The van der Waals surface area contributed by atoms with Crippen molar-refractivity contribution >= 4 is 78.5 Å². The Balaban J connectivity index is 0.00000324. The maximum Gasteiger partial charge on any atom is 1.00 e. The summed E-state index contributed by atoms with van der Waals surface area (Å²) in [5, 5.41) is -3.24. The van der Waals surface area contributed by atoms with Gasteiger partial charge in [-0.3, -0.25) is 0 Å². The van der Waals surface area contributed by atoms with E-state index in [1.165, 1.54) is 18.2 Å². The van der Waals surface area contributed by atoms with E-state index in [9.17, 15) is 51.9 Å². The molecule has 37 heavy (non-hydrogen) atoms. The number of nitrogens with two attached hydrogens (primary N) is 1. The second kappa shape index (κ2) is 12.3. The fraction of sp³-hybridized carbons (Fsp3) is 0. The zero-order chi connectivity index (χ0) is 24.9. The molecule has 0 bridgehead atoms. The summed E-state index contributed by atoms with van der Waals surface area (Å²) in [7, 11) is -24.2. The van der Waals surface area contributed by atoms with Crippen molar-refractivity contribution in [2.45, 2.75) is 19.6 Å². The van der Waals surface area contributed by atoms with Crippen molar-refractivity contribution < 1.29 is 170 Å². The minimum absolute atomic E-state index is 0. The van der Waals surface area contributed by atoms with Crippen LogP contribution < -0.4 is 124 Å². The predicted octanol–water partition coefficient (Wildman–Crippen LogP) is -12.2. The van der Waals surface area contributed by atoms with Gasteiger partial charge < -0.3 is 23.9 Å². The molecule has 21 heteroatoms. The van der Waals surface area contributed by atoms with Crippen LogP contribution >= 0.6 is 0 Å². The first-order chi connectivity index (χ1) is 14.9. The van der Waals surface area contributed by atoms with Crippen LogP contribution in [0.5, 0.6) is 0 Å². The van der Waals surface area contributed by atoms with E-state index < -0.39 is 81.9 Å². The molecular weight excluding hydrogens is 618 g/mol. The Hall–Kier alpha value is 1.36. The van der Waals surface area contributed by atoms with Gasteiger partial charge in [-0.05, 0) is 10.8 Å². The molecular formula is C16H7NNa4O12S4. The molecule has 0 radical (unpaired) electrons. The summed E-state index contributed by atoms with van der Waals surface area (Å²) in [5.41, 5.74) is 4.92. The molecule has 4 aromatic carbocycles. The van der Waals surface area contributed by atoms with Gasteiger partial charge >= 0.3 is 118 Å². The number of anilines is 1. The Morgan fingerprint density at radius 1 is 0.486 bits per heavy atom. The minimum atomic E-state index is -6.24. The molecule has 0 aliphatic heterocycles. The molecule has 2 N–H and O–H groups in total. The molecule has 4 aromatic rings. The van der Waals surface area contributed by atoms with Crippen molar-refractivity contribution in [2.75, 3.05) is 5.73 Å². The first-order valence-corrected chi connectivity index (χ1v) is 13.9. The quantitative estimate of drug-likeness (QED) is 0.0958. The summed E-state index contributed by atoms with van der Waals surface area (Å²) < 4.78 is 145. The van der Waals surface area contributed by atoms with Gasteiger partial charge in [-0.2, -0.15) is 0 Å². The van der Waals surface area contributed by atoms with Gasteiger partial charge in [0.2, 0.25) is 0 Å². The van der Waals surface area contributed by atoms with Gasteiger partial charge in [-0.15, -0.1) is 0 Å². The third-order valence-electron chi connectivity index (χ3n) is 4.94. The number of hydrogen-bond donors (Lipinski definition) is 1. The van der Waals surface area contributed by atoms with Crippen LogP contribution in [0.25, 0.3) is 32.3 Å². The normalized spacial score (nSPS) is 12.4. The van der Waals surface area contributed by atoms with Crippen molar-refractivity contribution in [3.8, 4) is 0 Å². The van der Waals surface area contributed by atoms with Gasteiger partial charge in [-0.25, -0.2) is 33.7 Å². The zero-order valence-electron chi connectivity index (χ0n) is 19.5. The van der Waals surface area contributed by atoms with Crippen LogP contribution in [-0.4, -0.2) is 51.9 Å². The molecule has 176 valence electrons. The maximum absolute atomic E-state index is 12.1. The number of nitrogen functional groups attached to an aromatic ring is 1. The summed E-state index contributed by atoms with van der Waals surface area (Å²) >= 11 is 0. The fourth-order valence-corrected chi connectivity index (χ4v) is 8.36. The van der Waals surface area contributed by atoms with Crippen molar-refractivity contribution in [1.82, 2.24) is 0 Å². The molecule has 0 aliphatic carbocycles. The van der Waals surface area contributed by atoms with Crippen LogP contribution in [0.15, 0.2) is 49.9 Å². The molecule has 0 heterocycles. The van der Waals surface area contributed by atoms with Crippen molar-refractivity contribution in [3.63, 3.8) is 0 Å². The van der Waals surface area contributed by atoms with Gasteiger partial charge in [0, 0.05) is 21.5 Å². The summed E-state index contributed by atoms with van der Waals surface area (Å²) in [5.74, 6) is 0. The first kappa shape index (κ1) is 38.4. The summed E-state index contributed by atoms with van der Waals surface area (Å²) in [6.07, 6.45) is 0. The van der Waals surface area contributed by atoms with Gasteiger partial charge in [0.05, 0.1) is 25.3 Å². The van der Waals surface area contributed by atoms with E-state index in [0.29, 0.717) is 0 Å². The van der Waals surface area contributed by atoms with Crippen molar-refractivity contribution in [1.29, 1.82) is 0 Å². The molecule has 0 aromatic heterocycles. The molecule has 0 unspecified atom stereocenters. The van der Waals surface area contributed by atoms with Crippen LogP contribution in [0.4, 0.5) is 5.69 Å². The fourth-order valence-electron chi connectivity index (χ4n) is 3.95. The van der Waals surface area contributed by atoms with Crippen LogP contribution in [-0.2, 0) is 40.5 Å². The van der Waals surface area contributed by atoms with Crippen LogP contribution in [0.1, 0.15) is 0 Å². The second-order valence-corrected chi connectivity index (χ2v) is 12.1. The van der Waals surface area contributed by atoms with Crippen LogP contribution in [0, 0.1) is 0 Å². The maximum atomic E-state index is 12.1. The largest absolute Gasteiger partial charge is 1.00 e. The monoisotopic (exact) mass is 625 g/mol. The molecule has 0 aliphatic rings. The van der Waals surface area contributed by atoms with Gasteiger partial charge in [0.15, 0.2) is 0 Å². The molecule has 4 rings (SSSR count). The minimum Gasteiger partial charge on any atom is -0.744 e. The van der Waals surface area contributed by atoms with Crippen LogP contribution in [0.2, 0.25) is 0 Å². The number of hydrogen-bond acceptors (Lipinski definition) is 13. The van der Waals surface area contributed by atoms with Crippen molar-refractivity contribution in [3.05, 3.63) is 30.3 Å². The Bertz CT molecular complexity index is 1980. The third kappa shape index (κ3) is 6.56. The van der Waals surface area contributed by atoms with E-state index in [0.717, 1.165) is 12.1 Å². The summed E-state index contributed by atoms with van der Waals surface area (Å²) in [4.78, 5) is -7.89. The van der Waals surface area contributed by atoms with E-state index >= 15 is 0 Å². The summed E-state index contributed by atoms with van der Waals surface area (Å²) in [6, 6.07) is 5.86. The van der Waals surface area contributed by atoms with Crippen LogP contribution in [0.3, 0.4) is 0 Å². The molecule has 0 amide bonds. The Morgan fingerprint density at radius 3 is 1.38 bits per heavy atom. The topological polar surface area (TPSA) is 255 Å². The van der Waals surface area contributed by atoms with E-state index in [1.807, 2.05) is 0 Å². The van der Waals surface area contributed by atoms with E-state index in [2.05, 4.69) is 0 Å². The number of rotatable bonds is 4. The zero-order valence-corrected chi connectivity index (χ0v) is 30.8. The van der Waals surface area contributed by atoms with E-state index in [4.69, 9.17) is 5.73 Å². The molecule has 0 atom stereocenters. The smallest absolute Gasteiger partial charge is 0.744 e. The van der Waals surface area contributed by atoms with E-state index in [-0.39, 0.29) is 134 Å². The van der Waals surface area contributed by atoms with Gasteiger partial charge in [0.25, 0.3) is 0 Å². The van der Waals surface area contributed by atoms with Gasteiger partial charge in [-0.1, -0.05) is 30.3 Å². The molecule has 13 nitrogen and oxygen atoms in total. The average molecular weight is 625 g/mol.